The molecular formula is C40H58Br2N2O4. The molecule has 0 amide bonds. The molecule has 6 nitrogen and oxygen atoms in total. The zero-order valence-electron chi connectivity index (χ0n) is 28.9. The van der Waals surface area contributed by atoms with Gasteiger partial charge in [0.05, 0.1) is 74.3 Å². The average Bonchev–Trinajstić information content (AvgIpc) is 3.85. The summed E-state index contributed by atoms with van der Waals surface area (Å²) in [5.74, 6) is 0.716. The Balaban J connectivity index is 0.00000260. The molecule has 4 fully saturated rings. The lowest BCUT2D eigenvalue weighted by Gasteiger charge is -2.36. The molecule has 6 rings (SSSR count). The Bertz CT molecular complexity index is 1170. The van der Waals surface area contributed by atoms with Gasteiger partial charge in [0.15, 0.2) is 0 Å². The van der Waals surface area contributed by atoms with Gasteiger partial charge in [-0.3, -0.25) is 0 Å². The summed E-state index contributed by atoms with van der Waals surface area (Å²) in [7, 11) is 0. The Morgan fingerprint density at radius 2 is 0.896 bits per heavy atom. The second-order valence-corrected chi connectivity index (χ2v) is 15.1. The number of hydrogen-bond acceptors (Lipinski definition) is 4. The lowest BCUT2D eigenvalue weighted by molar-refractivity contribution is -0.929. The largest absolute Gasteiger partial charge is 1.00 e. The van der Waals surface area contributed by atoms with Gasteiger partial charge in [0.25, 0.3) is 0 Å². The maximum absolute atomic E-state index is 12.5. The number of fused-ring (bicyclic) bond motifs is 2. The molecule has 0 aliphatic carbocycles. The molecule has 2 aromatic carbocycles. The lowest BCUT2D eigenvalue weighted by atomic mass is 9.99. The second-order valence-electron chi connectivity index (χ2n) is 15.1. The van der Waals surface area contributed by atoms with E-state index in [0.29, 0.717) is 48.3 Å². The molecule has 4 saturated heterocycles. The molecule has 0 radical (unpaired) electrons. The minimum Gasteiger partial charge on any atom is -1.00 e. The van der Waals surface area contributed by atoms with E-state index in [4.69, 9.17) is 9.47 Å². The zero-order chi connectivity index (χ0) is 31.7. The van der Waals surface area contributed by atoms with Gasteiger partial charge < -0.3 is 52.4 Å². The van der Waals surface area contributed by atoms with Gasteiger partial charge in [-0.1, -0.05) is 62.1 Å². The summed E-state index contributed by atoms with van der Waals surface area (Å²) < 4.78 is 14.2. The van der Waals surface area contributed by atoms with Gasteiger partial charge in [-0.25, -0.2) is 9.59 Å². The number of carbonyl (C=O) groups is 2. The SMILES string of the molecule is O=C(OC[C@@H]1CC[N+]2(CCCCCCCCCC[N+]34CCC[C@@H]3[C@H](COC(=O)c3ccccc3)CC4)CCC[C@H]12)c1ccccc1.[Br-].[Br-]. The fraction of sp³-hybridized carbons (Fsp3) is 0.650. The summed E-state index contributed by atoms with van der Waals surface area (Å²) in [6.07, 6.45) is 18.6. The van der Waals surface area contributed by atoms with Crippen LogP contribution in [0, 0.1) is 11.8 Å². The van der Waals surface area contributed by atoms with Crippen LogP contribution in [0.4, 0.5) is 0 Å². The first-order valence-corrected chi connectivity index (χ1v) is 18.7. The fourth-order valence-electron chi connectivity index (χ4n) is 10.0. The van der Waals surface area contributed by atoms with Crippen LogP contribution in [-0.4, -0.2) is 85.5 Å². The number of rotatable bonds is 17. The molecule has 4 aliphatic rings. The molecule has 6 atom stereocenters. The predicted molar refractivity (Wildman–Crippen MR) is 182 cm³/mol. The quantitative estimate of drug-likeness (QED) is 0.140. The van der Waals surface area contributed by atoms with Gasteiger partial charge in [0.2, 0.25) is 0 Å². The van der Waals surface area contributed by atoms with Crippen LogP contribution in [0.5, 0.6) is 0 Å². The van der Waals surface area contributed by atoms with Crippen molar-refractivity contribution in [2.45, 2.75) is 102 Å². The Labute approximate surface area is 310 Å². The van der Waals surface area contributed by atoms with E-state index in [-0.39, 0.29) is 45.9 Å². The van der Waals surface area contributed by atoms with Gasteiger partial charge in [-0.2, -0.15) is 0 Å². The van der Waals surface area contributed by atoms with Crippen LogP contribution in [0.3, 0.4) is 0 Å². The van der Waals surface area contributed by atoms with Crippen molar-refractivity contribution in [2.24, 2.45) is 11.8 Å². The van der Waals surface area contributed by atoms with Crippen molar-refractivity contribution in [3.05, 3.63) is 71.8 Å². The van der Waals surface area contributed by atoms with E-state index >= 15 is 0 Å². The highest BCUT2D eigenvalue weighted by molar-refractivity contribution is 5.89. The molecule has 0 spiro atoms. The number of hydrogen-bond donors (Lipinski definition) is 0. The van der Waals surface area contributed by atoms with Gasteiger partial charge >= 0.3 is 11.9 Å². The first kappa shape index (κ1) is 39.1. The first-order valence-electron chi connectivity index (χ1n) is 18.7. The summed E-state index contributed by atoms with van der Waals surface area (Å²) in [5.41, 5.74) is 1.33. The monoisotopic (exact) mass is 788 g/mol. The topological polar surface area (TPSA) is 52.6 Å². The van der Waals surface area contributed by atoms with Gasteiger partial charge in [-0.15, -0.1) is 0 Å². The minimum atomic E-state index is -0.170. The molecule has 2 aromatic rings. The van der Waals surface area contributed by atoms with E-state index in [1.165, 1.54) is 138 Å². The predicted octanol–water partition coefficient (Wildman–Crippen LogP) is 1.83. The fourth-order valence-corrected chi connectivity index (χ4v) is 10.0. The summed E-state index contributed by atoms with van der Waals surface area (Å²) in [4.78, 5) is 25.0. The molecule has 4 aliphatic heterocycles. The third-order valence-corrected chi connectivity index (χ3v) is 12.4. The normalized spacial score (nSPS) is 28.6. The molecule has 48 heavy (non-hydrogen) atoms. The third kappa shape index (κ3) is 9.52. The van der Waals surface area contributed by atoms with E-state index in [9.17, 15) is 9.59 Å². The van der Waals surface area contributed by atoms with Crippen LogP contribution in [0.25, 0.3) is 0 Å². The van der Waals surface area contributed by atoms with Crippen molar-refractivity contribution in [2.75, 3.05) is 52.5 Å². The van der Waals surface area contributed by atoms with E-state index in [1.54, 1.807) is 0 Å². The van der Waals surface area contributed by atoms with E-state index in [2.05, 4.69) is 0 Å². The number of benzene rings is 2. The molecule has 0 aromatic heterocycles. The van der Waals surface area contributed by atoms with Crippen LogP contribution in [0.1, 0.15) is 111 Å². The van der Waals surface area contributed by atoms with Crippen LogP contribution in [-0.2, 0) is 9.47 Å². The molecule has 266 valence electrons. The Kier molecular flexibility index (Phi) is 15.5. The number of unbranched alkanes of at least 4 members (excludes halogenated alkanes) is 7. The number of esters is 2. The van der Waals surface area contributed by atoms with Crippen LogP contribution >= 0.6 is 0 Å². The number of halogens is 2. The van der Waals surface area contributed by atoms with Gasteiger partial charge in [0, 0.05) is 38.5 Å². The highest BCUT2D eigenvalue weighted by Crippen LogP contribution is 2.42. The average molecular weight is 791 g/mol. The van der Waals surface area contributed by atoms with Crippen LogP contribution in [0.15, 0.2) is 60.7 Å². The van der Waals surface area contributed by atoms with Crippen LogP contribution in [0.2, 0.25) is 0 Å². The number of ether oxygens (including phenoxy) is 2. The minimum absolute atomic E-state index is 0. The maximum Gasteiger partial charge on any atom is 0.338 e. The van der Waals surface area contributed by atoms with Crippen molar-refractivity contribution >= 4 is 11.9 Å². The Morgan fingerprint density at radius 3 is 1.29 bits per heavy atom. The molecule has 4 heterocycles. The van der Waals surface area contributed by atoms with Crippen molar-refractivity contribution in [3.63, 3.8) is 0 Å². The summed E-state index contributed by atoms with van der Waals surface area (Å²) in [6, 6.07) is 20.2. The van der Waals surface area contributed by atoms with Gasteiger partial charge in [-0.05, 0) is 49.9 Å². The highest BCUT2D eigenvalue weighted by Gasteiger charge is 2.52. The van der Waals surface area contributed by atoms with Crippen molar-refractivity contribution in [3.8, 4) is 0 Å². The van der Waals surface area contributed by atoms with Crippen molar-refractivity contribution in [1.29, 1.82) is 0 Å². The lowest BCUT2D eigenvalue weighted by Crippen LogP contribution is -3.00. The third-order valence-electron chi connectivity index (χ3n) is 12.4. The molecule has 0 N–H and O–H groups in total. The first-order chi connectivity index (χ1) is 22.6. The summed E-state index contributed by atoms with van der Waals surface area (Å²) in [6.45, 7) is 9.02. The molecule has 8 heteroatoms. The Morgan fingerprint density at radius 1 is 0.521 bits per heavy atom. The smallest absolute Gasteiger partial charge is 0.338 e. The molecular weight excluding hydrogens is 732 g/mol. The highest BCUT2D eigenvalue weighted by atomic mass is 79.9. The van der Waals surface area contributed by atoms with Gasteiger partial charge in [0.1, 0.15) is 13.2 Å². The Hall–Kier alpha value is -1.74. The standard InChI is InChI=1S/C40H58N2O4.2BrH/c43-39(33-17-9-7-10-18-33)45-31-35-23-29-41(27-15-21-37(35)41)25-13-5-3-1-2-4-6-14-26-42-28-16-22-38(42)36(24-30-42)32-46-40(44)34-19-11-8-12-20-34;;/h7-12,17-20,35-38H,1-6,13-16,21-32H2;2*1H/q+2;;/p-2/t35-,36-,37+,38+,41?,42?;;/m0../s1. The second kappa shape index (κ2) is 19.0. The number of quaternary nitrogens is 2. The van der Waals surface area contributed by atoms with Crippen molar-refractivity contribution in [1.82, 2.24) is 0 Å². The van der Waals surface area contributed by atoms with E-state index in [0.717, 1.165) is 0 Å². The number of carbonyl (C=O) groups excluding carboxylic acids is 2. The maximum atomic E-state index is 12.5. The molecule has 0 saturated carbocycles. The zero-order valence-corrected chi connectivity index (χ0v) is 32.1. The summed E-state index contributed by atoms with van der Waals surface area (Å²) >= 11 is 0. The molecule has 0 bridgehead atoms. The molecule has 2 unspecified atom stereocenters. The van der Waals surface area contributed by atoms with E-state index < -0.39 is 0 Å². The van der Waals surface area contributed by atoms with Crippen LogP contribution < -0.4 is 34.0 Å². The summed E-state index contributed by atoms with van der Waals surface area (Å²) in [5, 5.41) is 0. The van der Waals surface area contributed by atoms with E-state index in [1.807, 2.05) is 60.7 Å². The number of nitrogens with zero attached hydrogens (tertiary/aromatic N) is 2. The van der Waals surface area contributed by atoms with Crippen molar-refractivity contribution < 1.29 is 62.0 Å².